The summed E-state index contributed by atoms with van der Waals surface area (Å²) >= 11 is 0. The zero-order valence-electron chi connectivity index (χ0n) is 8.26. The van der Waals surface area contributed by atoms with Crippen LogP contribution in [-0.4, -0.2) is 23.5 Å². The number of nitrogens with zero attached hydrogens (tertiary/aromatic N) is 1. The SMILES string of the molecule is CCC1CCC2CCCCCN12. The van der Waals surface area contributed by atoms with Gasteiger partial charge in [0.15, 0.2) is 0 Å². The molecule has 0 N–H and O–H groups in total. The van der Waals surface area contributed by atoms with E-state index in [1.165, 1.54) is 51.5 Å². The maximum absolute atomic E-state index is 2.80. The van der Waals surface area contributed by atoms with Crippen LogP contribution in [0.4, 0.5) is 0 Å². The minimum atomic E-state index is 0.938. The topological polar surface area (TPSA) is 3.24 Å². The Morgan fingerprint density at radius 3 is 2.83 bits per heavy atom. The van der Waals surface area contributed by atoms with E-state index in [4.69, 9.17) is 0 Å². The minimum Gasteiger partial charge on any atom is -0.297 e. The van der Waals surface area contributed by atoms with E-state index in [9.17, 15) is 0 Å². The molecule has 0 aliphatic carbocycles. The smallest absolute Gasteiger partial charge is 0.00987 e. The molecule has 0 spiro atoms. The van der Waals surface area contributed by atoms with Crippen LogP contribution in [0.25, 0.3) is 0 Å². The van der Waals surface area contributed by atoms with Crippen LogP contribution in [-0.2, 0) is 0 Å². The van der Waals surface area contributed by atoms with Crippen LogP contribution in [0.15, 0.2) is 0 Å². The highest BCUT2D eigenvalue weighted by molar-refractivity contribution is 4.88. The van der Waals surface area contributed by atoms with Gasteiger partial charge in [0.05, 0.1) is 0 Å². The lowest BCUT2D eigenvalue weighted by Crippen LogP contribution is -2.35. The van der Waals surface area contributed by atoms with E-state index in [1.54, 1.807) is 0 Å². The second kappa shape index (κ2) is 3.78. The van der Waals surface area contributed by atoms with Crippen molar-refractivity contribution in [1.29, 1.82) is 0 Å². The van der Waals surface area contributed by atoms with E-state index in [0.29, 0.717) is 0 Å². The normalized spacial score (nSPS) is 37.8. The average Bonchev–Trinajstić information content (AvgIpc) is 2.33. The van der Waals surface area contributed by atoms with Crippen LogP contribution >= 0.6 is 0 Å². The summed E-state index contributed by atoms with van der Waals surface area (Å²) in [7, 11) is 0. The maximum Gasteiger partial charge on any atom is 0.00987 e. The fraction of sp³-hybridized carbons (Fsp3) is 1.00. The standard InChI is InChI=1S/C11H21N/c1-2-10-7-8-11-6-4-3-5-9-12(10)11/h10-11H,2-9H2,1H3. The molecule has 2 aliphatic heterocycles. The molecule has 2 fully saturated rings. The Hall–Kier alpha value is -0.0400. The summed E-state index contributed by atoms with van der Waals surface area (Å²) in [6.45, 7) is 3.74. The highest BCUT2D eigenvalue weighted by atomic mass is 15.2. The molecule has 0 saturated carbocycles. The van der Waals surface area contributed by atoms with Crippen LogP contribution in [0, 0.1) is 0 Å². The highest BCUT2D eigenvalue weighted by Crippen LogP contribution is 2.31. The third-order valence-electron chi connectivity index (χ3n) is 3.70. The van der Waals surface area contributed by atoms with Crippen molar-refractivity contribution in [3.63, 3.8) is 0 Å². The van der Waals surface area contributed by atoms with Crippen molar-refractivity contribution in [2.75, 3.05) is 6.54 Å². The molecule has 1 nitrogen and oxygen atoms in total. The maximum atomic E-state index is 2.80. The van der Waals surface area contributed by atoms with E-state index in [-0.39, 0.29) is 0 Å². The molecule has 70 valence electrons. The van der Waals surface area contributed by atoms with Crippen LogP contribution in [0.1, 0.15) is 51.9 Å². The number of rotatable bonds is 1. The summed E-state index contributed by atoms with van der Waals surface area (Å²) in [5, 5.41) is 0. The largest absolute Gasteiger partial charge is 0.297 e. The molecule has 2 heterocycles. The first-order valence-corrected chi connectivity index (χ1v) is 5.67. The predicted octanol–water partition coefficient (Wildman–Crippen LogP) is 2.80. The zero-order chi connectivity index (χ0) is 8.39. The van der Waals surface area contributed by atoms with Crippen LogP contribution in [0.5, 0.6) is 0 Å². The van der Waals surface area contributed by atoms with Gasteiger partial charge in [0.1, 0.15) is 0 Å². The summed E-state index contributed by atoms with van der Waals surface area (Å²) in [5.41, 5.74) is 0. The Balaban J connectivity index is 1.99. The van der Waals surface area contributed by atoms with E-state index < -0.39 is 0 Å². The summed E-state index contributed by atoms with van der Waals surface area (Å²) < 4.78 is 0. The molecule has 2 rings (SSSR count). The second-order valence-corrected chi connectivity index (χ2v) is 4.38. The molecule has 2 atom stereocenters. The van der Waals surface area contributed by atoms with Gasteiger partial charge in [-0.2, -0.15) is 0 Å². The van der Waals surface area contributed by atoms with Gasteiger partial charge in [-0.1, -0.05) is 19.8 Å². The van der Waals surface area contributed by atoms with Crippen molar-refractivity contribution in [2.45, 2.75) is 64.0 Å². The third kappa shape index (κ3) is 1.52. The molecular weight excluding hydrogens is 146 g/mol. The Labute approximate surface area is 76.1 Å². The monoisotopic (exact) mass is 167 g/mol. The van der Waals surface area contributed by atoms with Crippen LogP contribution in [0.3, 0.4) is 0 Å². The summed E-state index contributed by atoms with van der Waals surface area (Å²) in [5.74, 6) is 0. The quantitative estimate of drug-likeness (QED) is 0.580. The molecule has 0 radical (unpaired) electrons. The van der Waals surface area contributed by atoms with Crippen molar-refractivity contribution in [3.8, 4) is 0 Å². The van der Waals surface area contributed by atoms with Gasteiger partial charge in [-0.15, -0.1) is 0 Å². The number of fused-ring (bicyclic) bond motifs is 1. The van der Waals surface area contributed by atoms with Crippen molar-refractivity contribution in [3.05, 3.63) is 0 Å². The Kier molecular flexibility index (Phi) is 2.69. The molecule has 0 aromatic rings. The van der Waals surface area contributed by atoms with Gasteiger partial charge in [0, 0.05) is 12.1 Å². The van der Waals surface area contributed by atoms with Gasteiger partial charge in [-0.3, -0.25) is 4.90 Å². The minimum absolute atomic E-state index is 0.938. The van der Waals surface area contributed by atoms with Crippen molar-refractivity contribution >= 4 is 0 Å². The first-order valence-electron chi connectivity index (χ1n) is 5.67. The summed E-state index contributed by atoms with van der Waals surface area (Å²) in [6, 6.07) is 1.91. The predicted molar refractivity (Wildman–Crippen MR) is 52.3 cm³/mol. The molecule has 12 heavy (non-hydrogen) atoms. The lowest BCUT2D eigenvalue weighted by molar-refractivity contribution is 0.193. The molecule has 0 aromatic heterocycles. The van der Waals surface area contributed by atoms with Crippen molar-refractivity contribution < 1.29 is 0 Å². The van der Waals surface area contributed by atoms with Gasteiger partial charge >= 0.3 is 0 Å². The summed E-state index contributed by atoms with van der Waals surface area (Å²) in [6.07, 6.45) is 10.2. The fourth-order valence-electron chi connectivity index (χ4n) is 2.98. The molecule has 2 saturated heterocycles. The second-order valence-electron chi connectivity index (χ2n) is 4.38. The van der Waals surface area contributed by atoms with Gasteiger partial charge in [0.25, 0.3) is 0 Å². The lowest BCUT2D eigenvalue weighted by atomic mass is 10.1. The van der Waals surface area contributed by atoms with E-state index in [1.807, 2.05) is 0 Å². The summed E-state index contributed by atoms with van der Waals surface area (Å²) in [4.78, 5) is 2.80. The molecule has 0 aromatic carbocycles. The number of hydrogen-bond acceptors (Lipinski definition) is 1. The molecule has 2 aliphatic rings. The van der Waals surface area contributed by atoms with Gasteiger partial charge < -0.3 is 0 Å². The first-order chi connectivity index (χ1) is 5.92. The molecular formula is C11H21N. The molecule has 0 bridgehead atoms. The van der Waals surface area contributed by atoms with Gasteiger partial charge in [-0.05, 0) is 38.6 Å². The van der Waals surface area contributed by atoms with Crippen molar-refractivity contribution in [2.24, 2.45) is 0 Å². The van der Waals surface area contributed by atoms with Crippen LogP contribution < -0.4 is 0 Å². The fourth-order valence-corrected chi connectivity index (χ4v) is 2.98. The van der Waals surface area contributed by atoms with E-state index in [2.05, 4.69) is 11.8 Å². The molecule has 2 unspecified atom stereocenters. The molecule has 0 amide bonds. The average molecular weight is 167 g/mol. The van der Waals surface area contributed by atoms with Gasteiger partial charge in [-0.25, -0.2) is 0 Å². The Morgan fingerprint density at radius 1 is 1.08 bits per heavy atom. The van der Waals surface area contributed by atoms with Gasteiger partial charge in [0.2, 0.25) is 0 Å². The first kappa shape index (κ1) is 8.55. The lowest BCUT2D eigenvalue weighted by Gasteiger charge is -2.27. The Morgan fingerprint density at radius 2 is 2.00 bits per heavy atom. The number of hydrogen-bond donors (Lipinski definition) is 0. The highest BCUT2D eigenvalue weighted by Gasteiger charge is 2.32. The van der Waals surface area contributed by atoms with Crippen LogP contribution in [0.2, 0.25) is 0 Å². The van der Waals surface area contributed by atoms with E-state index in [0.717, 1.165) is 12.1 Å². The Bertz CT molecular complexity index is 144. The molecule has 1 heteroatoms. The zero-order valence-corrected chi connectivity index (χ0v) is 8.26. The third-order valence-corrected chi connectivity index (χ3v) is 3.70. The van der Waals surface area contributed by atoms with E-state index >= 15 is 0 Å². The van der Waals surface area contributed by atoms with Crippen molar-refractivity contribution in [1.82, 2.24) is 4.90 Å².